The lowest BCUT2D eigenvalue weighted by Gasteiger charge is -2.14. The third-order valence-corrected chi connectivity index (χ3v) is 3.71. The highest BCUT2D eigenvalue weighted by atomic mass is 127. The molecule has 1 heterocycles. The van der Waals surface area contributed by atoms with Gasteiger partial charge in [0.25, 0.3) is 0 Å². The molecule has 0 saturated carbocycles. The molecule has 0 spiro atoms. The van der Waals surface area contributed by atoms with E-state index in [9.17, 15) is 0 Å². The molecule has 7 heteroatoms. The fourth-order valence-corrected chi connectivity index (χ4v) is 2.43. The van der Waals surface area contributed by atoms with Crippen LogP contribution in [0.15, 0.2) is 47.5 Å². The summed E-state index contributed by atoms with van der Waals surface area (Å²) in [6.07, 6.45) is 0. The third-order valence-electron chi connectivity index (χ3n) is 3.71. The summed E-state index contributed by atoms with van der Waals surface area (Å²) in [5, 5.41) is 6.61. The van der Waals surface area contributed by atoms with E-state index in [-0.39, 0.29) is 24.0 Å². The first-order chi connectivity index (χ1) is 12.6. The lowest BCUT2D eigenvalue weighted by atomic mass is 10.2. The van der Waals surface area contributed by atoms with Crippen LogP contribution in [0.4, 0.5) is 5.82 Å². The monoisotopic (exact) mass is 483 g/mol. The van der Waals surface area contributed by atoms with Crippen LogP contribution in [0, 0.1) is 0 Å². The van der Waals surface area contributed by atoms with E-state index in [0.717, 1.165) is 35.3 Å². The van der Waals surface area contributed by atoms with Crippen molar-refractivity contribution in [3.05, 3.63) is 53.7 Å². The van der Waals surface area contributed by atoms with Gasteiger partial charge < -0.3 is 20.3 Å². The first-order valence-electron chi connectivity index (χ1n) is 9.00. The Morgan fingerprint density at radius 2 is 1.85 bits per heavy atom. The lowest BCUT2D eigenvalue weighted by Crippen LogP contribution is -2.37. The van der Waals surface area contributed by atoms with Gasteiger partial charge in [-0.25, -0.2) is 9.98 Å². The standard InChI is InChI=1S/C20H29N5O.HI/c1-5-21-20(22-14-16-10-7-8-12-18(16)26-6-2)23-15-17-11-9-13-19(24-17)25(3)4;/h7-13H,5-6,14-15H2,1-4H3,(H2,21,22,23);1H. The van der Waals surface area contributed by atoms with Crippen LogP contribution in [0.3, 0.4) is 0 Å². The number of aliphatic imine (C=N–C) groups is 1. The number of hydrogen-bond acceptors (Lipinski definition) is 4. The number of para-hydroxylation sites is 1. The molecule has 0 aliphatic carbocycles. The van der Waals surface area contributed by atoms with E-state index >= 15 is 0 Å². The van der Waals surface area contributed by atoms with Crippen LogP contribution in [0.5, 0.6) is 5.75 Å². The zero-order valence-corrected chi connectivity index (χ0v) is 18.9. The second-order valence-corrected chi connectivity index (χ2v) is 5.97. The minimum Gasteiger partial charge on any atom is -0.494 e. The van der Waals surface area contributed by atoms with Crippen LogP contribution in [0.1, 0.15) is 25.1 Å². The van der Waals surface area contributed by atoms with Crippen molar-refractivity contribution in [2.45, 2.75) is 26.9 Å². The summed E-state index contributed by atoms with van der Waals surface area (Å²) in [5.41, 5.74) is 2.04. The highest BCUT2D eigenvalue weighted by Crippen LogP contribution is 2.18. The van der Waals surface area contributed by atoms with E-state index in [1.165, 1.54) is 0 Å². The van der Waals surface area contributed by atoms with Gasteiger partial charge in [0, 0.05) is 26.2 Å². The van der Waals surface area contributed by atoms with Gasteiger partial charge in [0.05, 0.1) is 25.4 Å². The molecule has 0 fully saturated rings. The molecule has 1 aromatic heterocycles. The van der Waals surface area contributed by atoms with Crippen LogP contribution in [-0.4, -0.2) is 38.2 Å². The Kier molecular flexibility index (Phi) is 10.5. The number of anilines is 1. The first-order valence-corrected chi connectivity index (χ1v) is 9.00. The average molecular weight is 483 g/mol. The molecule has 0 aliphatic heterocycles. The number of halogens is 1. The fourth-order valence-electron chi connectivity index (χ4n) is 2.43. The van der Waals surface area contributed by atoms with Gasteiger partial charge in [-0.2, -0.15) is 0 Å². The molecule has 6 nitrogen and oxygen atoms in total. The highest BCUT2D eigenvalue weighted by Gasteiger charge is 2.04. The maximum atomic E-state index is 5.67. The third kappa shape index (κ3) is 7.62. The molecule has 2 rings (SSSR count). The van der Waals surface area contributed by atoms with Crippen LogP contribution in [0.25, 0.3) is 0 Å². The fraction of sp³-hybridized carbons (Fsp3) is 0.400. The molecule has 2 N–H and O–H groups in total. The van der Waals surface area contributed by atoms with E-state index in [1.807, 2.05) is 68.4 Å². The number of ether oxygens (including phenoxy) is 1. The molecule has 0 aliphatic rings. The average Bonchev–Trinajstić information content (AvgIpc) is 2.65. The van der Waals surface area contributed by atoms with Crippen molar-refractivity contribution in [1.29, 1.82) is 0 Å². The van der Waals surface area contributed by atoms with E-state index in [1.54, 1.807) is 0 Å². The zero-order valence-electron chi connectivity index (χ0n) is 16.5. The summed E-state index contributed by atoms with van der Waals surface area (Å²) < 4.78 is 5.67. The van der Waals surface area contributed by atoms with Gasteiger partial charge in [-0.15, -0.1) is 24.0 Å². The molecular formula is C20H30IN5O. The maximum Gasteiger partial charge on any atom is 0.191 e. The van der Waals surface area contributed by atoms with Gasteiger partial charge in [-0.05, 0) is 32.0 Å². The quantitative estimate of drug-likeness (QED) is 0.343. The topological polar surface area (TPSA) is 61.8 Å². The van der Waals surface area contributed by atoms with Gasteiger partial charge >= 0.3 is 0 Å². The minimum absolute atomic E-state index is 0. The summed E-state index contributed by atoms with van der Waals surface area (Å²) in [6.45, 7) is 6.64. The number of pyridine rings is 1. The molecule has 1 aromatic carbocycles. The highest BCUT2D eigenvalue weighted by molar-refractivity contribution is 14.0. The van der Waals surface area contributed by atoms with Crippen molar-refractivity contribution >= 4 is 35.8 Å². The zero-order chi connectivity index (χ0) is 18.8. The van der Waals surface area contributed by atoms with Gasteiger partial charge in [-0.3, -0.25) is 0 Å². The number of hydrogen-bond donors (Lipinski definition) is 2. The molecule has 0 radical (unpaired) electrons. The van der Waals surface area contributed by atoms with Crippen LogP contribution >= 0.6 is 24.0 Å². The summed E-state index contributed by atoms with van der Waals surface area (Å²) in [6, 6.07) is 14.0. The Labute approximate surface area is 179 Å². The molecule has 0 unspecified atom stereocenters. The predicted octanol–water partition coefficient (Wildman–Crippen LogP) is 3.42. The predicted molar refractivity (Wildman–Crippen MR) is 123 cm³/mol. The largest absolute Gasteiger partial charge is 0.494 e. The summed E-state index contributed by atoms with van der Waals surface area (Å²) >= 11 is 0. The van der Waals surface area contributed by atoms with E-state index in [2.05, 4.69) is 27.5 Å². The molecule has 0 saturated heterocycles. The van der Waals surface area contributed by atoms with Gasteiger partial charge in [0.1, 0.15) is 11.6 Å². The Hall–Kier alpha value is -2.03. The Balaban J connectivity index is 0.00000364. The van der Waals surface area contributed by atoms with Gasteiger partial charge in [-0.1, -0.05) is 24.3 Å². The molecule has 2 aromatic rings. The number of rotatable bonds is 8. The Morgan fingerprint density at radius 3 is 2.56 bits per heavy atom. The molecule has 0 amide bonds. The Morgan fingerprint density at radius 1 is 1.07 bits per heavy atom. The second kappa shape index (κ2) is 12.4. The number of guanidine groups is 1. The van der Waals surface area contributed by atoms with Crippen molar-refractivity contribution < 1.29 is 4.74 Å². The lowest BCUT2D eigenvalue weighted by molar-refractivity contribution is 0.336. The molecule has 27 heavy (non-hydrogen) atoms. The van der Waals surface area contributed by atoms with Gasteiger partial charge in [0.2, 0.25) is 0 Å². The number of benzene rings is 1. The number of nitrogens with zero attached hydrogens (tertiary/aromatic N) is 3. The van der Waals surface area contributed by atoms with E-state index in [4.69, 9.17) is 4.74 Å². The van der Waals surface area contributed by atoms with E-state index in [0.29, 0.717) is 19.7 Å². The van der Waals surface area contributed by atoms with Gasteiger partial charge in [0.15, 0.2) is 5.96 Å². The van der Waals surface area contributed by atoms with Crippen LogP contribution in [-0.2, 0) is 13.1 Å². The van der Waals surface area contributed by atoms with Crippen LogP contribution < -0.4 is 20.3 Å². The summed E-state index contributed by atoms with van der Waals surface area (Å²) in [5.74, 6) is 2.59. The van der Waals surface area contributed by atoms with Crippen LogP contribution in [0.2, 0.25) is 0 Å². The minimum atomic E-state index is 0. The molecular weight excluding hydrogens is 453 g/mol. The SMILES string of the molecule is CCNC(=NCc1ccccc1OCC)NCc1cccc(N(C)C)n1.I. The van der Waals surface area contributed by atoms with E-state index < -0.39 is 0 Å². The second-order valence-electron chi connectivity index (χ2n) is 5.97. The van der Waals surface area contributed by atoms with Crippen molar-refractivity contribution in [1.82, 2.24) is 15.6 Å². The molecule has 0 bridgehead atoms. The van der Waals surface area contributed by atoms with Crippen molar-refractivity contribution in [3.63, 3.8) is 0 Å². The van der Waals surface area contributed by atoms with Crippen molar-refractivity contribution in [2.75, 3.05) is 32.1 Å². The summed E-state index contributed by atoms with van der Waals surface area (Å²) in [4.78, 5) is 11.3. The van der Waals surface area contributed by atoms with Crippen molar-refractivity contribution in [2.24, 2.45) is 4.99 Å². The molecule has 0 atom stereocenters. The number of aromatic nitrogens is 1. The first kappa shape index (κ1) is 23.0. The molecule has 148 valence electrons. The maximum absolute atomic E-state index is 5.67. The summed E-state index contributed by atoms with van der Waals surface area (Å²) in [7, 11) is 3.97. The Bertz CT molecular complexity index is 721. The number of nitrogens with one attached hydrogen (secondary N) is 2. The normalized spacial score (nSPS) is 10.7. The van der Waals surface area contributed by atoms with Crippen molar-refractivity contribution in [3.8, 4) is 5.75 Å². The smallest absolute Gasteiger partial charge is 0.191 e.